The molecule has 1 aliphatic rings. The number of anilines is 2. The second kappa shape index (κ2) is 5.24. The number of aromatic nitrogens is 2. The number of rotatable bonds is 2. The Bertz CT molecular complexity index is 746. The Hall–Kier alpha value is -2.15. The number of benzene rings is 1. The van der Waals surface area contributed by atoms with Crippen LogP contribution in [0.2, 0.25) is 5.02 Å². The predicted octanol–water partition coefficient (Wildman–Crippen LogP) is 3.28. The summed E-state index contributed by atoms with van der Waals surface area (Å²) in [6, 6.07) is 3.98. The van der Waals surface area contributed by atoms with Gasteiger partial charge in [0, 0.05) is 17.8 Å². The van der Waals surface area contributed by atoms with E-state index in [1.165, 1.54) is 29.3 Å². The molecular weight excluding hydrogens is 314 g/mol. The minimum absolute atomic E-state index is 0.0694. The Morgan fingerprint density at radius 1 is 1.45 bits per heavy atom. The molecular formula is C14H13ClF2N4O. The fourth-order valence-corrected chi connectivity index (χ4v) is 2.82. The molecule has 1 aromatic heterocycles. The number of nitrogens with two attached hydrogens (primary N) is 1. The van der Waals surface area contributed by atoms with E-state index in [4.69, 9.17) is 17.3 Å². The summed E-state index contributed by atoms with van der Waals surface area (Å²) in [4.78, 5) is 14.0. The molecule has 0 unspecified atom stereocenters. The van der Waals surface area contributed by atoms with Crippen LogP contribution in [0.15, 0.2) is 24.4 Å². The summed E-state index contributed by atoms with van der Waals surface area (Å²) in [7, 11) is 0. The van der Waals surface area contributed by atoms with Crippen LogP contribution in [0.25, 0.3) is 0 Å². The molecule has 2 heterocycles. The van der Waals surface area contributed by atoms with Crippen molar-refractivity contribution < 1.29 is 13.6 Å². The Morgan fingerprint density at radius 2 is 2.18 bits per heavy atom. The highest BCUT2D eigenvalue weighted by atomic mass is 35.5. The first-order valence-electron chi connectivity index (χ1n) is 6.62. The number of carbonyl (C=O) groups excluding carboxylic acids is 1. The smallest absolute Gasteiger partial charge is 0.278 e. The van der Waals surface area contributed by atoms with Gasteiger partial charge in [0.15, 0.2) is 0 Å². The number of hydrogen-bond donors (Lipinski definition) is 1. The lowest BCUT2D eigenvalue weighted by molar-refractivity contribution is 0.0954. The number of nitrogen functional groups attached to an aromatic ring is 1. The Morgan fingerprint density at radius 3 is 2.82 bits per heavy atom. The summed E-state index contributed by atoms with van der Waals surface area (Å²) in [5, 5.41) is 4.02. The van der Waals surface area contributed by atoms with Crippen molar-refractivity contribution in [2.45, 2.75) is 19.4 Å². The SMILES string of the molecule is C[C@H]1CN(c2ccc(C(F)F)c(Cl)c2)C(=O)c2c(N)cnn21. The molecule has 0 aliphatic carbocycles. The predicted molar refractivity (Wildman–Crippen MR) is 79.4 cm³/mol. The van der Waals surface area contributed by atoms with Gasteiger partial charge in [-0.3, -0.25) is 9.48 Å². The number of fused-ring (bicyclic) bond motifs is 1. The standard InChI is InChI=1S/C14H13ClF2N4O/c1-7-6-20(14(22)12-11(18)5-19-21(7)12)8-2-3-9(13(16)17)10(15)4-8/h2-5,7,13H,6,18H2,1H3/t7-/m0/s1. The van der Waals surface area contributed by atoms with E-state index < -0.39 is 6.43 Å². The van der Waals surface area contributed by atoms with Crippen LogP contribution in [-0.2, 0) is 0 Å². The van der Waals surface area contributed by atoms with Gasteiger partial charge < -0.3 is 10.6 Å². The van der Waals surface area contributed by atoms with E-state index in [2.05, 4.69) is 5.10 Å². The molecule has 116 valence electrons. The van der Waals surface area contributed by atoms with Gasteiger partial charge >= 0.3 is 0 Å². The lowest BCUT2D eigenvalue weighted by atomic mass is 10.1. The molecule has 5 nitrogen and oxygen atoms in total. The maximum absolute atomic E-state index is 12.8. The van der Waals surface area contributed by atoms with Gasteiger partial charge in [-0.15, -0.1) is 0 Å². The van der Waals surface area contributed by atoms with Crippen LogP contribution < -0.4 is 10.6 Å². The van der Waals surface area contributed by atoms with E-state index in [-0.39, 0.29) is 28.2 Å². The summed E-state index contributed by atoms with van der Waals surface area (Å²) in [6.45, 7) is 2.25. The molecule has 8 heteroatoms. The van der Waals surface area contributed by atoms with Crippen molar-refractivity contribution in [1.29, 1.82) is 0 Å². The number of alkyl halides is 2. The highest BCUT2D eigenvalue weighted by Crippen LogP contribution is 2.33. The zero-order valence-electron chi connectivity index (χ0n) is 11.6. The summed E-state index contributed by atoms with van der Waals surface area (Å²) in [6.07, 6.45) is -1.23. The van der Waals surface area contributed by atoms with Crippen LogP contribution in [0.3, 0.4) is 0 Å². The fourth-order valence-electron chi connectivity index (χ4n) is 2.57. The first kappa shape index (κ1) is 14.8. The fraction of sp³-hybridized carbons (Fsp3) is 0.286. The van der Waals surface area contributed by atoms with Gasteiger partial charge in [0.25, 0.3) is 12.3 Å². The Labute approximate surface area is 130 Å². The van der Waals surface area contributed by atoms with E-state index in [0.29, 0.717) is 17.9 Å². The maximum Gasteiger partial charge on any atom is 0.278 e. The zero-order valence-corrected chi connectivity index (χ0v) is 12.4. The Kier molecular flexibility index (Phi) is 3.52. The van der Waals surface area contributed by atoms with Crippen LogP contribution in [0.1, 0.15) is 35.4 Å². The lowest BCUT2D eigenvalue weighted by Crippen LogP contribution is -2.42. The normalized spacial score (nSPS) is 18.0. The molecule has 1 amide bonds. The zero-order chi connectivity index (χ0) is 16.0. The minimum atomic E-state index is -2.66. The van der Waals surface area contributed by atoms with Gasteiger partial charge in [0.05, 0.1) is 22.9 Å². The number of amides is 1. The first-order chi connectivity index (χ1) is 10.4. The third-order valence-corrected chi connectivity index (χ3v) is 3.99. The van der Waals surface area contributed by atoms with Crippen molar-refractivity contribution in [1.82, 2.24) is 9.78 Å². The molecule has 3 rings (SSSR count). The second-order valence-electron chi connectivity index (χ2n) is 5.16. The molecule has 0 saturated carbocycles. The topological polar surface area (TPSA) is 64.2 Å². The molecule has 1 aliphatic heterocycles. The van der Waals surface area contributed by atoms with Crippen LogP contribution in [0, 0.1) is 0 Å². The number of carbonyl (C=O) groups is 1. The van der Waals surface area contributed by atoms with Crippen molar-refractivity contribution in [3.63, 3.8) is 0 Å². The van der Waals surface area contributed by atoms with Gasteiger partial charge in [0.2, 0.25) is 0 Å². The van der Waals surface area contributed by atoms with E-state index >= 15 is 0 Å². The van der Waals surface area contributed by atoms with Crippen LogP contribution in [-0.4, -0.2) is 22.2 Å². The first-order valence-corrected chi connectivity index (χ1v) is 7.00. The summed E-state index contributed by atoms with van der Waals surface area (Å²) in [5.74, 6) is -0.325. The summed E-state index contributed by atoms with van der Waals surface area (Å²) >= 11 is 5.88. The average molecular weight is 327 g/mol. The monoisotopic (exact) mass is 326 g/mol. The molecule has 1 aromatic carbocycles. The van der Waals surface area contributed by atoms with E-state index in [1.807, 2.05) is 6.92 Å². The lowest BCUT2D eigenvalue weighted by Gasteiger charge is -2.32. The molecule has 0 bridgehead atoms. The maximum atomic E-state index is 12.8. The van der Waals surface area contributed by atoms with Gasteiger partial charge in [-0.25, -0.2) is 8.78 Å². The summed E-state index contributed by atoms with van der Waals surface area (Å²) in [5.41, 5.74) is 6.58. The molecule has 2 aromatic rings. The number of hydrogen-bond acceptors (Lipinski definition) is 3. The molecule has 1 atom stereocenters. The average Bonchev–Trinajstić information content (AvgIpc) is 2.85. The minimum Gasteiger partial charge on any atom is -0.396 e. The van der Waals surface area contributed by atoms with Crippen molar-refractivity contribution in [3.8, 4) is 0 Å². The van der Waals surface area contributed by atoms with Crippen molar-refractivity contribution in [2.75, 3.05) is 17.2 Å². The Balaban J connectivity index is 2.02. The van der Waals surface area contributed by atoms with Crippen LogP contribution >= 0.6 is 11.6 Å². The van der Waals surface area contributed by atoms with Gasteiger partial charge in [-0.2, -0.15) is 5.10 Å². The van der Waals surface area contributed by atoms with Crippen molar-refractivity contribution >= 4 is 28.9 Å². The third-order valence-electron chi connectivity index (χ3n) is 3.67. The van der Waals surface area contributed by atoms with Crippen molar-refractivity contribution in [2.24, 2.45) is 0 Å². The molecule has 22 heavy (non-hydrogen) atoms. The quantitative estimate of drug-likeness (QED) is 0.921. The van der Waals surface area contributed by atoms with Gasteiger partial charge in [0.1, 0.15) is 5.69 Å². The highest BCUT2D eigenvalue weighted by molar-refractivity contribution is 6.31. The molecule has 2 N–H and O–H groups in total. The van der Waals surface area contributed by atoms with Gasteiger partial charge in [-0.05, 0) is 25.1 Å². The number of nitrogens with zero attached hydrogens (tertiary/aromatic N) is 3. The van der Waals surface area contributed by atoms with Crippen LogP contribution in [0.5, 0.6) is 0 Å². The van der Waals surface area contributed by atoms with E-state index in [1.54, 1.807) is 4.68 Å². The highest BCUT2D eigenvalue weighted by Gasteiger charge is 2.33. The van der Waals surface area contributed by atoms with Crippen LogP contribution in [0.4, 0.5) is 20.2 Å². The van der Waals surface area contributed by atoms with Gasteiger partial charge in [-0.1, -0.05) is 11.6 Å². The van der Waals surface area contributed by atoms with Crippen molar-refractivity contribution in [3.05, 3.63) is 40.7 Å². The molecule has 0 radical (unpaired) electrons. The number of halogens is 3. The largest absolute Gasteiger partial charge is 0.396 e. The third kappa shape index (κ3) is 2.21. The van der Waals surface area contributed by atoms with E-state index in [0.717, 1.165) is 0 Å². The molecule has 0 saturated heterocycles. The molecule has 0 fully saturated rings. The molecule has 0 spiro atoms. The van der Waals surface area contributed by atoms with E-state index in [9.17, 15) is 13.6 Å². The second-order valence-corrected chi connectivity index (χ2v) is 5.57. The summed E-state index contributed by atoms with van der Waals surface area (Å²) < 4.78 is 27.1.